The Morgan fingerprint density at radius 3 is 2.67 bits per heavy atom. The molecule has 2 aromatic carbocycles. The summed E-state index contributed by atoms with van der Waals surface area (Å²) in [5.74, 6) is 0.477. The third kappa shape index (κ3) is 2.60. The van der Waals surface area contributed by atoms with Gasteiger partial charge in [-0.2, -0.15) is 0 Å². The third-order valence-corrected chi connectivity index (χ3v) is 4.40. The fourth-order valence-corrected chi connectivity index (χ4v) is 3.26. The van der Waals surface area contributed by atoms with Crippen molar-refractivity contribution in [3.05, 3.63) is 64.7 Å². The van der Waals surface area contributed by atoms with E-state index in [0.717, 1.165) is 22.5 Å². The van der Waals surface area contributed by atoms with Crippen LogP contribution in [0.15, 0.2) is 58.6 Å². The molecule has 2 N–H and O–H groups in total. The molecule has 0 saturated carbocycles. The number of hydrogen-bond donors (Lipinski definition) is 1. The molecule has 0 saturated heterocycles. The molecule has 4 rings (SSSR count). The minimum absolute atomic E-state index is 0. The van der Waals surface area contributed by atoms with Gasteiger partial charge in [0, 0.05) is 23.2 Å². The van der Waals surface area contributed by atoms with Gasteiger partial charge in [0.1, 0.15) is 6.17 Å². The van der Waals surface area contributed by atoms with Crippen LogP contribution in [-0.4, -0.2) is 36.4 Å². The second kappa shape index (κ2) is 6.34. The van der Waals surface area contributed by atoms with Gasteiger partial charge in [-0.25, -0.2) is 0 Å². The predicted octanol–water partition coefficient (Wildman–Crippen LogP) is 2.92. The van der Waals surface area contributed by atoms with Gasteiger partial charge < -0.3 is 5.73 Å². The first-order valence-electron chi connectivity index (χ1n) is 7.41. The highest BCUT2D eigenvalue weighted by atomic mass is 35.5. The number of rotatable bonds is 1. The average Bonchev–Trinajstić information content (AvgIpc) is 2.74. The van der Waals surface area contributed by atoms with Crippen molar-refractivity contribution in [1.29, 1.82) is 0 Å². The SMILES string of the molecule is CN1N=C(N)N2c3ccc(Cl)cc3C(c3ccccc3)=NCC12.Cl. The average molecular weight is 362 g/mol. The second-order valence-corrected chi connectivity index (χ2v) is 6.04. The van der Waals surface area contributed by atoms with Crippen molar-refractivity contribution >= 4 is 41.4 Å². The summed E-state index contributed by atoms with van der Waals surface area (Å²) in [5, 5.41) is 6.87. The van der Waals surface area contributed by atoms with E-state index < -0.39 is 0 Å². The summed E-state index contributed by atoms with van der Waals surface area (Å²) >= 11 is 6.25. The van der Waals surface area contributed by atoms with Crippen LogP contribution in [0.1, 0.15) is 11.1 Å². The highest BCUT2D eigenvalue weighted by Gasteiger charge is 2.35. The van der Waals surface area contributed by atoms with Gasteiger partial charge >= 0.3 is 0 Å². The van der Waals surface area contributed by atoms with E-state index in [1.165, 1.54) is 0 Å². The molecule has 0 aromatic heterocycles. The minimum atomic E-state index is -0.0175. The number of halogens is 2. The van der Waals surface area contributed by atoms with Gasteiger partial charge in [0.05, 0.1) is 17.9 Å². The Kier molecular flexibility index (Phi) is 4.39. The number of likely N-dealkylation sites (N-methyl/N-ethyl adjacent to an activating group) is 1. The number of nitrogens with two attached hydrogens (primary N) is 1. The quantitative estimate of drug-likeness (QED) is 0.849. The van der Waals surface area contributed by atoms with E-state index in [0.29, 0.717) is 17.5 Å². The number of fused-ring (bicyclic) bond motifs is 3. The number of aliphatic imine (C=N–C) groups is 1. The Balaban J connectivity index is 0.00000169. The minimum Gasteiger partial charge on any atom is -0.368 e. The lowest BCUT2D eigenvalue weighted by Gasteiger charge is -2.27. The monoisotopic (exact) mass is 361 g/mol. The molecule has 0 fully saturated rings. The number of hydrazone groups is 1. The van der Waals surface area contributed by atoms with Crippen LogP contribution in [0, 0.1) is 0 Å². The summed E-state index contributed by atoms with van der Waals surface area (Å²) in [4.78, 5) is 6.87. The van der Waals surface area contributed by atoms with Gasteiger partial charge in [0.15, 0.2) is 0 Å². The van der Waals surface area contributed by atoms with Crippen molar-refractivity contribution in [2.75, 3.05) is 18.5 Å². The first kappa shape index (κ1) is 16.6. The fraction of sp³-hybridized carbons (Fsp3) is 0.176. The predicted molar refractivity (Wildman–Crippen MR) is 101 cm³/mol. The van der Waals surface area contributed by atoms with E-state index in [4.69, 9.17) is 22.3 Å². The maximum atomic E-state index is 6.25. The highest BCUT2D eigenvalue weighted by Crippen LogP contribution is 2.33. The van der Waals surface area contributed by atoms with Crippen LogP contribution < -0.4 is 10.6 Å². The number of anilines is 1. The standard InChI is InChI=1S/C17H16ClN5.ClH/c1-22-15-10-20-16(11-5-3-2-4-6-11)13-9-12(18)7-8-14(13)23(15)17(19)21-22;/h2-9,15H,10H2,1H3,(H2,19,21);1H. The number of benzene rings is 2. The molecule has 2 heterocycles. The summed E-state index contributed by atoms with van der Waals surface area (Å²) in [7, 11) is 1.91. The van der Waals surface area contributed by atoms with Crippen molar-refractivity contribution in [3.8, 4) is 0 Å². The molecule has 0 aliphatic carbocycles. The zero-order valence-electron chi connectivity index (χ0n) is 13.1. The number of hydrogen-bond acceptors (Lipinski definition) is 5. The molecule has 0 radical (unpaired) electrons. The number of guanidine groups is 1. The summed E-state index contributed by atoms with van der Waals surface area (Å²) in [5.41, 5.74) is 10.1. The lowest BCUT2D eigenvalue weighted by Crippen LogP contribution is -2.45. The molecule has 2 aromatic rings. The third-order valence-electron chi connectivity index (χ3n) is 4.17. The summed E-state index contributed by atoms with van der Waals surface area (Å²) in [6, 6.07) is 15.9. The largest absolute Gasteiger partial charge is 0.368 e. The Morgan fingerprint density at radius 2 is 1.92 bits per heavy atom. The molecule has 1 unspecified atom stereocenters. The Morgan fingerprint density at radius 1 is 1.17 bits per heavy atom. The van der Waals surface area contributed by atoms with Crippen molar-refractivity contribution in [1.82, 2.24) is 5.01 Å². The normalized spacial score (nSPS) is 18.8. The highest BCUT2D eigenvalue weighted by molar-refractivity contribution is 6.31. The van der Waals surface area contributed by atoms with E-state index in [-0.39, 0.29) is 18.6 Å². The molecule has 124 valence electrons. The Bertz CT molecular complexity index is 819. The molecule has 2 aliphatic rings. The molecule has 5 nitrogen and oxygen atoms in total. The van der Waals surface area contributed by atoms with Gasteiger partial charge in [-0.1, -0.05) is 41.9 Å². The van der Waals surface area contributed by atoms with Crippen molar-refractivity contribution in [3.63, 3.8) is 0 Å². The number of nitrogens with zero attached hydrogens (tertiary/aromatic N) is 4. The van der Waals surface area contributed by atoms with Crippen LogP contribution in [0.5, 0.6) is 0 Å². The first-order valence-corrected chi connectivity index (χ1v) is 7.79. The molecule has 1 atom stereocenters. The lowest BCUT2D eigenvalue weighted by molar-refractivity contribution is 0.292. The van der Waals surface area contributed by atoms with Gasteiger partial charge in [0.2, 0.25) is 5.96 Å². The molecular weight excluding hydrogens is 345 g/mol. The maximum absolute atomic E-state index is 6.25. The van der Waals surface area contributed by atoms with Crippen LogP contribution >= 0.6 is 24.0 Å². The van der Waals surface area contributed by atoms with Crippen LogP contribution in [-0.2, 0) is 0 Å². The van der Waals surface area contributed by atoms with Gasteiger partial charge in [-0.3, -0.25) is 14.9 Å². The van der Waals surface area contributed by atoms with Crippen molar-refractivity contribution in [2.45, 2.75) is 6.17 Å². The van der Waals surface area contributed by atoms with Crippen LogP contribution in [0.2, 0.25) is 5.02 Å². The molecule has 0 amide bonds. The zero-order valence-corrected chi connectivity index (χ0v) is 14.6. The molecule has 2 aliphatic heterocycles. The van der Waals surface area contributed by atoms with E-state index >= 15 is 0 Å². The molecule has 7 heteroatoms. The Hall–Kier alpha value is -2.24. The Labute approximate surface area is 151 Å². The first-order chi connectivity index (χ1) is 11.1. The van der Waals surface area contributed by atoms with Crippen LogP contribution in [0.25, 0.3) is 0 Å². The lowest BCUT2D eigenvalue weighted by atomic mass is 10.0. The molecular formula is C17H17Cl2N5. The molecule has 0 spiro atoms. The van der Waals surface area contributed by atoms with Gasteiger partial charge in [-0.05, 0) is 18.2 Å². The van der Waals surface area contributed by atoms with Crippen molar-refractivity contribution < 1.29 is 0 Å². The van der Waals surface area contributed by atoms with Gasteiger partial charge in [0.25, 0.3) is 0 Å². The van der Waals surface area contributed by atoms with E-state index in [9.17, 15) is 0 Å². The molecule has 0 bridgehead atoms. The summed E-state index contributed by atoms with van der Waals surface area (Å²) < 4.78 is 0. The second-order valence-electron chi connectivity index (χ2n) is 5.60. The van der Waals surface area contributed by atoms with Crippen LogP contribution in [0.3, 0.4) is 0 Å². The van der Waals surface area contributed by atoms with Crippen molar-refractivity contribution in [2.24, 2.45) is 15.8 Å². The van der Waals surface area contributed by atoms with E-state index in [2.05, 4.69) is 17.2 Å². The molecule has 24 heavy (non-hydrogen) atoms. The van der Waals surface area contributed by atoms with Gasteiger partial charge in [-0.15, -0.1) is 17.5 Å². The van der Waals surface area contributed by atoms with Crippen LogP contribution in [0.4, 0.5) is 5.69 Å². The summed E-state index contributed by atoms with van der Waals surface area (Å²) in [6.45, 7) is 0.581. The fourth-order valence-electron chi connectivity index (χ4n) is 3.09. The van der Waals surface area contributed by atoms with E-state index in [1.54, 1.807) is 0 Å². The maximum Gasteiger partial charge on any atom is 0.220 e. The topological polar surface area (TPSA) is 57.2 Å². The zero-order chi connectivity index (χ0) is 16.0. The smallest absolute Gasteiger partial charge is 0.220 e. The van der Waals surface area contributed by atoms with E-state index in [1.807, 2.05) is 53.4 Å². The summed E-state index contributed by atoms with van der Waals surface area (Å²) in [6.07, 6.45) is -0.0175.